The lowest BCUT2D eigenvalue weighted by Gasteiger charge is -2.51. The van der Waals surface area contributed by atoms with Crippen LogP contribution in [0.1, 0.15) is 78.3 Å². The predicted octanol–water partition coefficient (Wildman–Crippen LogP) is 5.24. The number of benzene rings is 2. The first-order chi connectivity index (χ1) is 17.9. The largest absolute Gasteiger partial charge is 0.497 e. The van der Waals surface area contributed by atoms with Gasteiger partial charge in [-0.05, 0) is 91.9 Å². The Balaban J connectivity index is 1.58. The summed E-state index contributed by atoms with van der Waals surface area (Å²) in [6, 6.07) is 13.7. The van der Waals surface area contributed by atoms with Gasteiger partial charge in [0.25, 0.3) is 5.91 Å². The van der Waals surface area contributed by atoms with E-state index in [-0.39, 0.29) is 11.3 Å². The number of fused-ring (bicyclic) bond motifs is 1. The molecule has 0 aliphatic heterocycles. The van der Waals surface area contributed by atoms with E-state index in [1.165, 1.54) is 37.6 Å². The van der Waals surface area contributed by atoms with Gasteiger partial charge in [-0.15, -0.1) is 0 Å². The second-order valence-corrected chi connectivity index (χ2v) is 10.7. The number of hydrogen-bond donors (Lipinski definition) is 1. The average Bonchev–Trinajstić information content (AvgIpc) is 3.76. The normalized spacial score (nSPS) is 22.9. The highest BCUT2D eigenvalue weighted by atomic mass is 16.5. The third-order valence-electron chi connectivity index (χ3n) is 8.83. The lowest BCUT2D eigenvalue weighted by Crippen LogP contribution is -2.54. The third kappa shape index (κ3) is 5.69. The average molecular weight is 507 g/mol. The summed E-state index contributed by atoms with van der Waals surface area (Å²) < 4.78 is 10.4. The Labute approximate surface area is 221 Å². The number of nitrogens with zero attached hydrogens (tertiary/aromatic N) is 1. The van der Waals surface area contributed by atoms with Crippen LogP contribution in [0.4, 0.5) is 0 Å². The molecule has 0 bridgehead atoms. The maximum atomic E-state index is 13.0. The van der Waals surface area contributed by atoms with E-state index in [9.17, 15) is 9.59 Å². The number of esters is 1. The summed E-state index contributed by atoms with van der Waals surface area (Å²) in [5.74, 6) is 1.54. The number of rotatable bonds is 11. The maximum Gasteiger partial charge on any atom is 0.337 e. The van der Waals surface area contributed by atoms with Crippen molar-refractivity contribution < 1.29 is 19.1 Å². The molecule has 0 radical (unpaired) electrons. The molecule has 0 heterocycles. The van der Waals surface area contributed by atoms with Crippen molar-refractivity contribution in [2.24, 2.45) is 11.8 Å². The molecular formula is C31H42N2O4. The highest BCUT2D eigenvalue weighted by molar-refractivity contribution is 5.97. The van der Waals surface area contributed by atoms with E-state index in [2.05, 4.69) is 49.2 Å². The number of carbonyl (C=O) groups excluding carboxylic acids is 2. The van der Waals surface area contributed by atoms with Crippen LogP contribution in [0.25, 0.3) is 0 Å². The monoisotopic (exact) mass is 506 g/mol. The number of amides is 1. The van der Waals surface area contributed by atoms with Crippen LogP contribution in [0, 0.1) is 11.8 Å². The van der Waals surface area contributed by atoms with E-state index in [1.807, 2.05) is 0 Å². The molecule has 3 atom stereocenters. The van der Waals surface area contributed by atoms with E-state index in [0.717, 1.165) is 37.5 Å². The van der Waals surface area contributed by atoms with Crippen molar-refractivity contribution in [1.82, 2.24) is 10.2 Å². The minimum absolute atomic E-state index is 0.0785. The fourth-order valence-electron chi connectivity index (χ4n) is 6.37. The Hall–Kier alpha value is -2.86. The zero-order chi connectivity index (χ0) is 26.6. The van der Waals surface area contributed by atoms with Gasteiger partial charge in [0.2, 0.25) is 0 Å². The zero-order valence-corrected chi connectivity index (χ0v) is 23.0. The van der Waals surface area contributed by atoms with E-state index in [1.54, 1.807) is 31.4 Å². The number of ether oxygens (including phenoxy) is 2. The van der Waals surface area contributed by atoms with Crippen LogP contribution >= 0.6 is 0 Å². The maximum absolute atomic E-state index is 13.0. The lowest BCUT2D eigenvalue weighted by atomic mass is 9.58. The Morgan fingerprint density at radius 1 is 1.08 bits per heavy atom. The molecule has 4 rings (SSSR count). The van der Waals surface area contributed by atoms with Crippen LogP contribution in [-0.4, -0.2) is 56.7 Å². The van der Waals surface area contributed by atoms with Crippen LogP contribution in [0.3, 0.4) is 0 Å². The van der Waals surface area contributed by atoms with Crippen LogP contribution in [0.2, 0.25) is 0 Å². The summed E-state index contributed by atoms with van der Waals surface area (Å²) in [7, 11) is 3.07. The summed E-state index contributed by atoms with van der Waals surface area (Å²) in [5, 5.41) is 3.13. The number of carbonyl (C=O) groups is 2. The van der Waals surface area contributed by atoms with Gasteiger partial charge in [0.15, 0.2) is 0 Å². The van der Waals surface area contributed by atoms with Crippen molar-refractivity contribution in [3.63, 3.8) is 0 Å². The molecule has 0 spiro atoms. The molecule has 1 amide bonds. The molecular weight excluding hydrogens is 464 g/mol. The summed E-state index contributed by atoms with van der Waals surface area (Å²) in [4.78, 5) is 27.6. The van der Waals surface area contributed by atoms with Gasteiger partial charge in [0, 0.05) is 30.1 Å². The van der Waals surface area contributed by atoms with Gasteiger partial charge in [0.05, 0.1) is 19.8 Å². The lowest BCUT2D eigenvalue weighted by molar-refractivity contribution is 0.0600. The molecule has 2 aliphatic carbocycles. The molecule has 1 fully saturated rings. The second kappa shape index (κ2) is 11.7. The number of likely N-dealkylation sites (N-methyl/N-ethyl adjacent to an activating group) is 1. The van der Waals surface area contributed by atoms with Gasteiger partial charge in [-0.2, -0.15) is 0 Å². The Morgan fingerprint density at radius 3 is 2.49 bits per heavy atom. The van der Waals surface area contributed by atoms with E-state index in [4.69, 9.17) is 9.47 Å². The van der Waals surface area contributed by atoms with Crippen molar-refractivity contribution in [3.8, 4) is 5.75 Å². The van der Waals surface area contributed by atoms with Gasteiger partial charge >= 0.3 is 5.97 Å². The molecule has 1 N–H and O–H groups in total. The molecule has 2 aliphatic rings. The van der Waals surface area contributed by atoms with Gasteiger partial charge in [0.1, 0.15) is 5.75 Å². The quantitative estimate of drug-likeness (QED) is 0.422. The van der Waals surface area contributed by atoms with Gasteiger partial charge < -0.3 is 14.8 Å². The number of hydrogen-bond acceptors (Lipinski definition) is 5. The Kier molecular flexibility index (Phi) is 8.58. The van der Waals surface area contributed by atoms with Crippen LogP contribution in [-0.2, 0) is 16.6 Å². The fraction of sp³-hybridized carbons (Fsp3) is 0.548. The van der Waals surface area contributed by atoms with Gasteiger partial charge in [-0.25, -0.2) is 4.79 Å². The van der Waals surface area contributed by atoms with Crippen LogP contribution in [0.15, 0.2) is 42.5 Å². The van der Waals surface area contributed by atoms with E-state index < -0.39 is 5.97 Å². The van der Waals surface area contributed by atoms with Crippen molar-refractivity contribution in [2.75, 3.05) is 33.9 Å². The summed E-state index contributed by atoms with van der Waals surface area (Å²) >= 11 is 0. The van der Waals surface area contributed by atoms with E-state index >= 15 is 0 Å². The molecule has 2 unspecified atom stereocenters. The summed E-state index contributed by atoms with van der Waals surface area (Å²) in [5.41, 5.74) is 3.52. The summed E-state index contributed by atoms with van der Waals surface area (Å²) in [6.45, 7) is 9.77. The minimum Gasteiger partial charge on any atom is -0.497 e. The van der Waals surface area contributed by atoms with Crippen molar-refractivity contribution >= 4 is 11.9 Å². The SMILES string of the molecule is CCN(CC1CC1)C1Cc2ccc(OC)cc2C(CC)(CCNC(=O)c2cccc(C(=O)OC)c2)[C@H]1C. The second-order valence-electron chi connectivity index (χ2n) is 10.7. The van der Waals surface area contributed by atoms with E-state index in [0.29, 0.717) is 29.6 Å². The van der Waals surface area contributed by atoms with Crippen LogP contribution < -0.4 is 10.1 Å². The van der Waals surface area contributed by atoms with Gasteiger partial charge in [-0.1, -0.05) is 32.9 Å². The number of methoxy groups -OCH3 is 2. The molecule has 6 nitrogen and oxygen atoms in total. The first-order valence-electron chi connectivity index (χ1n) is 13.7. The van der Waals surface area contributed by atoms with Crippen molar-refractivity contribution in [1.29, 1.82) is 0 Å². The Bertz CT molecular complexity index is 1110. The Morgan fingerprint density at radius 2 is 1.84 bits per heavy atom. The van der Waals surface area contributed by atoms with Gasteiger partial charge in [-0.3, -0.25) is 9.69 Å². The molecule has 2 aromatic rings. The minimum atomic E-state index is -0.445. The molecule has 200 valence electrons. The van der Waals surface area contributed by atoms with Crippen molar-refractivity contribution in [3.05, 3.63) is 64.7 Å². The molecule has 1 saturated carbocycles. The third-order valence-corrected chi connectivity index (χ3v) is 8.83. The highest BCUT2D eigenvalue weighted by Gasteiger charge is 2.47. The fourth-order valence-corrected chi connectivity index (χ4v) is 6.37. The zero-order valence-electron chi connectivity index (χ0n) is 23.0. The molecule has 6 heteroatoms. The topological polar surface area (TPSA) is 67.9 Å². The molecule has 2 aromatic carbocycles. The molecule has 0 saturated heterocycles. The highest BCUT2D eigenvalue weighted by Crippen LogP contribution is 2.49. The first kappa shape index (κ1) is 27.2. The van der Waals surface area contributed by atoms with Crippen LogP contribution in [0.5, 0.6) is 5.75 Å². The summed E-state index contributed by atoms with van der Waals surface area (Å²) in [6.07, 6.45) is 5.58. The van der Waals surface area contributed by atoms with Crippen molar-refractivity contribution in [2.45, 2.75) is 64.3 Å². The smallest absolute Gasteiger partial charge is 0.337 e. The molecule has 37 heavy (non-hydrogen) atoms. The standard InChI is InChI=1S/C31H42N2O4/c1-6-31(15-16-32-29(34)24-9-8-10-25(17-24)30(35)37-5)21(3)28(33(7-2)20-22-11-12-22)18-23-13-14-26(36-4)19-27(23)31/h8-10,13-14,17,19,21-22,28H,6-7,11-12,15-16,18,20H2,1-5H3,(H,32,34)/t21-,28?,31?/m0/s1. The molecule has 0 aromatic heterocycles. The first-order valence-corrected chi connectivity index (χ1v) is 13.7. The number of nitrogens with one attached hydrogen (secondary N) is 1. The predicted molar refractivity (Wildman–Crippen MR) is 146 cm³/mol.